The third-order valence-corrected chi connectivity index (χ3v) is 0. The van der Waals surface area contributed by atoms with Gasteiger partial charge in [0.15, 0.2) is 0 Å². The van der Waals surface area contributed by atoms with Gasteiger partial charge >= 0.3 is 0 Å². The van der Waals surface area contributed by atoms with E-state index in [1.807, 2.05) is 0 Å². The molecule has 0 saturated carbocycles. The zero-order valence-corrected chi connectivity index (χ0v) is 9.96. The molecule has 0 spiro atoms. The molecule has 0 heterocycles. The van der Waals surface area contributed by atoms with Gasteiger partial charge in [-0.15, -0.1) is 0 Å². The van der Waals surface area contributed by atoms with Crippen LogP contribution in [0.4, 0.5) is 0 Å². The SMILES string of the molecule is [Ni].[Ni].[Zn].[Zn]. The minimum atomic E-state index is 0. The van der Waals surface area contributed by atoms with E-state index in [2.05, 4.69) is 0 Å². The summed E-state index contributed by atoms with van der Waals surface area (Å²) in [7, 11) is 0. The minimum absolute atomic E-state index is 0. The van der Waals surface area contributed by atoms with Crippen molar-refractivity contribution in [3.8, 4) is 0 Å². The zero-order chi connectivity index (χ0) is 0. The van der Waals surface area contributed by atoms with Crippen LogP contribution in [0.5, 0.6) is 0 Å². The fraction of sp³-hybridized carbons (Fsp3) is 0. The van der Waals surface area contributed by atoms with E-state index in [1.165, 1.54) is 0 Å². The Morgan fingerprint density at radius 2 is 0.500 bits per heavy atom. The van der Waals surface area contributed by atoms with Crippen LogP contribution in [-0.2, 0) is 71.9 Å². The van der Waals surface area contributed by atoms with Crippen LogP contribution in [0.1, 0.15) is 0 Å². The fourth-order valence-electron chi connectivity index (χ4n) is 0. The molecule has 0 aromatic rings. The maximum Gasteiger partial charge on any atom is 0 e. The van der Waals surface area contributed by atoms with Gasteiger partial charge in [0.25, 0.3) is 0 Å². The second-order valence-corrected chi connectivity index (χ2v) is 0. The van der Waals surface area contributed by atoms with Crippen LogP contribution >= 0.6 is 0 Å². The Kier molecular flexibility index (Phi) is 161. The van der Waals surface area contributed by atoms with Crippen LogP contribution in [0.2, 0.25) is 0 Å². The molecule has 0 aliphatic carbocycles. The van der Waals surface area contributed by atoms with Crippen molar-refractivity contribution >= 4 is 0 Å². The first-order chi connectivity index (χ1) is 0. The summed E-state index contributed by atoms with van der Waals surface area (Å²) in [6.07, 6.45) is 0. The van der Waals surface area contributed by atoms with E-state index in [-0.39, 0.29) is 71.9 Å². The van der Waals surface area contributed by atoms with E-state index in [1.54, 1.807) is 0 Å². The van der Waals surface area contributed by atoms with Gasteiger partial charge in [0.05, 0.1) is 0 Å². The van der Waals surface area contributed by atoms with Crippen molar-refractivity contribution in [2.75, 3.05) is 0 Å². The molecule has 0 fully saturated rings. The molecule has 0 amide bonds. The monoisotopic (exact) mass is 244 g/mol. The first-order valence-electron chi connectivity index (χ1n) is 0. The zero-order valence-electron chi connectivity index (χ0n) is 2.05. The standard InChI is InChI=1S/2Ni.2Zn. The molecule has 0 nitrogen and oxygen atoms in total. The van der Waals surface area contributed by atoms with E-state index in [0.717, 1.165) is 0 Å². The second kappa shape index (κ2) is 18.8. The van der Waals surface area contributed by atoms with Crippen LogP contribution in [-0.4, -0.2) is 0 Å². The molecule has 0 aliphatic rings. The van der Waals surface area contributed by atoms with Crippen LogP contribution < -0.4 is 0 Å². The van der Waals surface area contributed by atoms with Gasteiger partial charge in [-0.05, 0) is 0 Å². The van der Waals surface area contributed by atoms with Crippen LogP contribution in [0.3, 0.4) is 0 Å². The van der Waals surface area contributed by atoms with Gasteiger partial charge in [-0.1, -0.05) is 0 Å². The normalized spacial score (nSPS) is 0. The maximum absolute atomic E-state index is 0. The number of rotatable bonds is 0. The molecule has 0 aromatic carbocycles. The van der Waals surface area contributed by atoms with E-state index in [0.29, 0.717) is 0 Å². The van der Waals surface area contributed by atoms with E-state index in [4.69, 9.17) is 0 Å². The molecule has 0 rings (SSSR count). The Labute approximate surface area is 71.2 Å². The molecule has 0 aromatic heterocycles. The van der Waals surface area contributed by atoms with Crippen molar-refractivity contribution in [1.29, 1.82) is 0 Å². The summed E-state index contributed by atoms with van der Waals surface area (Å²) in [5, 5.41) is 0. The van der Waals surface area contributed by atoms with Gasteiger partial charge in [-0.25, -0.2) is 0 Å². The molecule has 4 heteroatoms. The summed E-state index contributed by atoms with van der Waals surface area (Å²) < 4.78 is 0. The Morgan fingerprint density at radius 1 is 0.500 bits per heavy atom. The van der Waals surface area contributed by atoms with Crippen LogP contribution in [0.25, 0.3) is 0 Å². The van der Waals surface area contributed by atoms with Crippen molar-refractivity contribution in [3.63, 3.8) is 0 Å². The van der Waals surface area contributed by atoms with Crippen molar-refractivity contribution in [2.24, 2.45) is 0 Å². The Morgan fingerprint density at radius 3 is 0.500 bits per heavy atom. The molecule has 24 valence electrons. The molecular formula is Ni2Zn2. The average molecular weight is 248 g/mol. The van der Waals surface area contributed by atoms with Gasteiger partial charge in [0.1, 0.15) is 0 Å². The average Bonchev–Trinajstić information content (AvgIpc) is 0. The Balaban J connectivity index is 0. The number of hydrogen-bond acceptors (Lipinski definition) is 0. The quantitative estimate of drug-likeness (QED) is 0.529. The Bertz CT molecular complexity index is 4.00. The van der Waals surface area contributed by atoms with Gasteiger partial charge < -0.3 is 0 Å². The smallest absolute Gasteiger partial charge is 0 e. The molecule has 0 unspecified atom stereocenters. The second-order valence-electron chi connectivity index (χ2n) is 0. The molecule has 0 bridgehead atoms. The van der Waals surface area contributed by atoms with Crippen molar-refractivity contribution < 1.29 is 71.9 Å². The predicted molar refractivity (Wildman–Crippen MR) is 0 cm³/mol. The molecule has 0 N–H and O–H groups in total. The third kappa shape index (κ3) is 8.87. The predicted octanol–water partition coefficient (Wildman–Crippen LogP) is -0.0100. The summed E-state index contributed by atoms with van der Waals surface area (Å²) in [6, 6.07) is 0. The minimum Gasteiger partial charge on any atom is 0 e. The molecule has 4 heavy (non-hydrogen) atoms. The summed E-state index contributed by atoms with van der Waals surface area (Å²) in [6.45, 7) is 0. The fourth-order valence-corrected chi connectivity index (χ4v) is 0. The summed E-state index contributed by atoms with van der Waals surface area (Å²) >= 11 is 0. The maximum atomic E-state index is 0. The van der Waals surface area contributed by atoms with Crippen molar-refractivity contribution in [2.45, 2.75) is 0 Å². The third-order valence-electron chi connectivity index (χ3n) is 0. The summed E-state index contributed by atoms with van der Waals surface area (Å²) in [5.74, 6) is 0. The van der Waals surface area contributed by atoms with E-state index in [9.17, 15) is 0 Å². The van der Waals surface area contributed by atoms with Crippen molar-refractivity contribution in [3.05, 3.63) is 0 Å². The van der Waals surface area contributed by atoms with E-state index < -0.39 is 0 Å². The van der Waals surface area contributed by atoms with Crippen molar-refractivity contribution in [1.82, 2.24) is 0 Å². The van der Waals surface area contributed by atoms with Gasteiger partial charge in [-0.2, -0.15) is 0 Å². The number of hydrogen-bond donors (Lipinski definition) is 0. The molecule has 0 atom stereocenters. The van der Waals surface area contributed by atoms with Gasteiger partial charge in [0, 0.05) is 71.9 Å². The van der Waals surface area contributed by atoms with Crippen LogP contribution in [0.15, 0.2) is 0 Å². The topological polar surface area (TPSA) is 0 Å². The summed E-state index contributed by atoms with van der Waals surface area (Å²) in [5.41, 5.74) is 0. The molecule has 0 radical (unpaired) electrons. The summed E-state index contributed by atoms with van der Waals surface area (Å²) in [4.78, 5) is 0. The molecule has 0 saturated heterocycles. The van der Waals surface area contributed by atoms with E-state index >= 15 is 0 Å². The first kappa shape index (κ1) is 34.2. The van der Waals surface area contributed by atoms with Gasteiger partial charge in [0.2, 0.25) is 0 Å². The molecule has 0 aliphatic heterocycles. The molecular weight excluding hydrogens is 248 g/mol. The Hall–Kier alpha value is 2.23. The first-order valence-corrected chi connectivity index (χ1v) is 0. The van der Waals surface area contributed by atoms with Gasteiger partial charge in [-0.3, -0.25) is 0 Å². The largest absolute Gasteiger partial charge is 0 e. The van der Waals surface area contributed by atoms with Crippen LogP contribution in [0, 0.1) is 0 Å².